The Balaban J connectivity index is 2.11. The third kappa shape index (κ3) is 4.59. The maximum Gasteiger partial charge on any atom is 0.259 e. The van der Waals surface area contributed by atoms with E-state index in [1.807, 2.05) is 50.2 Å². The van der Waals surface area contributed by atoms with Crippen molar-refractivity contribution in [3.63, 3.8) is 0 Å². The van der Waals surface area contributed by atoms with Gasteiger partial charge in [0.2, 0.25) is 0 Å². The van der Waals surface area contributed by atoms with E-state index in [1.165, 1.54) is 0 Å². The zero-order valence-electron chi connectivity index (χ0n) is 14.2. The number of nitrogens with one attached hydrogen (secondary N) is 1. The van der Waals surface area contributed by atoms with Crippen LogP contribution in [-0.4, -0.2) is 12.5 Å². The standard InChI is InChI=1S/C20H25NO2/c1-4-5-8-14-23-19-13-7-6-11-17(19)20(22)21-18-12-9-10-15(2)16(18)3/h6-7,9-13H,4-5,8,14H2,1-3H3,(H,21,22). The van der Waals surface area contributed by atoms with Crippen molar-refractivity contribution >= 4 is 11.6 Å². The second kappa shape index (κ2) is 8.37. The molecule has 1 N–H and O–H groups in total. The molecule has 2 rings (SSSR count). The van der Waals surface area contributed by atoms with Crippen LogP contribution in [0.2, 0.25) is 0 Å². The van der Waals surface area contributed by atoms with E-state index in [0.29, 0.717) is 17.9 Å². The maximum absolute atomic E-state index is 12.6. The summed E-state index contributed by atoms with van der Waals surface area (Å²) in [5.41, 5.74) is 3.66. The first kappa shape index (κ1) is 17.1. The summed E-state index contributed by atoms with van der Waals surface area (Å²) in [5.74, 6) is 0.510. The Bertz CT molecular complexity index is 664. The Morgan fingerprint density at radius 1 is 1.04 bits per heavy atom. The molecule has 0 bridgehead atoms. The van der Waals surface area contributed by atoms with Gasteiger partial charge in [-0.05, 0) is 49.6 Å². The van der Waals surface area contributed by atoms with Crippen molar-refractivity contribution in [2.24, 2.45) is 0 Å². The number of hydrogen-bond acceptors (Lipinski definition) is 2. The van der Waals surface area contributed by atoms with E-state index in [0.717, 1.165) is 36.1 Å². The highest BCUT2D eigenvalue weighted by atomic mass is 16.5. The predicted octanol–water partition coefficient (Wildman–Crippen LogP) is 5.12. The zero-order valence-corrected chi connectivity index (χ0v) is 14.2. The maximum atomic E-state index is 12.6. The number of amides is 1. The number of ether oxygens (including phenoxy) is 1. The number of para-hydroxylation sites is 1. The molecule has 2 aromatic rings. The number of unbranched alkanes of at least 4 members (excludes halogenated alkanes) is 2. The van der Waals surface area contributed by atoms with E-state index < -0.39 is 0 Å². The largest absolute Gasteiger partial charge is 0.493 e. The normalized spacial score (nSPS) is 10.4. The van der Waals surface area contributed by atoms with Crippen LogP contribution in [0.15, 0.2) is 42.5 Å². The van der Waals surface area contributed by atoms with Crippen molar-refractivity contribution in [2.45, 2.75) is 40.0 Å². The van der Waals surface area contributed by atoms with Crippen LogP contribution >= 0.6 is 0 Å². The molecule has 0 atom stereocenters. The SMILES string of the molecule is CCCCCOc1ccccc1C(=O)Nc1cccc(C)c1C. The van der Waals surface area contributed by atoms with E-state index in [9.17, 15) is 4.79 Å². The molecule has 0 unspecified atom stereocenters. The molecule has 3 nitrogen and oxygen atoms in total. The van der Waals surface area contributed by atoms with Crippen molar-refractivity contribution < 1.29 is 9.53 Å². The van der Waals surface area contributed by atoms with E-state index >= 15 is 0 Å². The summed E-state index contributed by atoms with van der Waals surface area (Å²) >= 11 is 0. The number of hydrogen-bond donors (Lipinski definition) is 1. The summed E-state index contributed by atoms with van der Waals surface area (Å²) in [7, 11) is 0. The van der Waals surface area contributed by atoms with Gasteiger partial charge in [0.1, 0.15) is 5.75 Å². The van der Waals surface area contributed by atoms with Gasteiger partial charge in [-0.1, -0.05) is 44.0 Å². The molecule has 23 heavy (non-hydrogen) atoms. The van der Waals surface area contributed by atoms with Gasteiger partial charge in [-0.3, -0.25) is 4.79 Å². The highest BCUT2D eigenvalue weighted by Gasteiger charge is 2.13. The minimum absolute atomic E-state index is 0.134. The van der Waals surface area contributed by atoms with E-state index in [-0.39, 0.29) is 5.91 Å². The van der Waals surface area contributed by atoms with Gasteiger partial charge >= 0.3 is 0 Å². The summed E-state index contributed by atoms with van der Waals surface area (Å²) in [4.78, 5) is 12.6. The van der Waals surface area contributed by atoms with Gasteiger partial charge in [0, 0.05) is 5.69 Å². The lowest BCUT2D eigenvalue weighted by Gasteiger charge is -2.13. The highest BCUT2D eigenvalue weighted by Crippen LogP contribution is 2.23. The summed E-state index contributed by atoms with van der Waals surface area (Å²) in [6.07, 6.45) is 3.29. The number of aryl methyl sites for hydroxylation is 1. The Labute approximate surface area is 138 Å². The van der Waals surface area contributed by atoms with E-state index in [1.54, 1.807) is 6.07 Å². The van der Waals surface area contributed by atoms with Gasteiger partial charge in [-0.25, -0.2) is 0 Å². The van der Waals surface area contributed by atoms with Gasteiger partial charge in [0.05, 0.1) is 12.2 Å². The van der Waals surface area contributed by atoms with Crippen LogP contribution < -0.4 is 10.1 Å². The molecule has 0 fully saturated rings. The van der Waals surface area contributed by atoms with Crippen LogP contribution in [0.1, 0.15) is 47.7 Å². The van der Waals surface area contributed by atoms with Crippen molar-refractivity contribution in [1.29, 1.82) is 0 Å². The fraction of sp³-hybridized carbons (Fsp3) is 0.350. The number of rotatable bonds is 7. The van der Waals surface area contributed by atoms with Gasteiger partial charge in [0.25, 0.3) is 5.91 Å². The van der Waals surface area contributed by atoms with Crippen LogP contribution in [-0.2, 0) is 0 Å². The molecule has 0 radical (unpaired) electrons. The molecule has 3 heteroatoms. The van der Waals surface area contributed by atoms with Crippen LogP contribution in [0.3, 0.4) is 0 Å². The van der Waals surface area contributed by atoms with Crippen LogP contribution in [0.4, 0.5) is 5.69 Å². The molecule has 0 aliphatic carbocycles. The Hall–Kier alpha value is -2.29. The lowest BCUT2D eigenvalue weighted by molar-refractivity contribution is 0.102. The topological polar surface area (TPSA) is 38.3 Å². The molecule has 0 saturated carbocycles. The van der Waals surface area contributed by atoms with Gasteiger partial charge in [-0.2, -0.15) is 0 Å². The molecule has 0 spiro atoms. The zero-order chi connectivity index (χ0) is 16.7. The van der Waals surface area contributed by atoms with Gasteiger partial charge < -0.3 is 10.1 Å². The number of carbonyl (C=O) groups is 1. The molecule has 0 aliphatic rings. The fourth-order valence-corrected chi connectivity index (χ4v) is 2.39. The second-order valence-corrected chi connectivity index (χ2v) is 5.75. The lowest BCUT2D eigenvalue weighted by atomic mass is 10.1. The Kier molecular flexibility index (Phi) is 6.21. The summed E-state index contributed by atoms with van der Waals surface area (Å²) < 4.78 is 5.79. The molecule has 1 amide bonds. The van der Waals surface area contributed by atoms with Crippen molar-refractivity contribution in [1.82, 2.24) is 0 Å². The highest BCUT2D eigenvalue weighted by molar-refractivity contribution is 6.06. The number of carbonyl (C=O) groups excluding carboxylic acids is 1. The molecular formula is C20H25NO2. The first-order chi connectivity index (χ1) is 11.1. The first-order valence-corrected chi connectivity index (χ1v) is 8.23. The summed E-state index contributed by atoms with van der Waals surface area (Å²) in [6.45, 7) is 6.85. The van der Waals surface area contributed by atoms with Crippen molar-refractivity contribution in [3.05, 3.63) is 59.2 Å². The number of benzene rings is 2. The Morgan fingerprint density at radius 3 is 2.61 bits per heavy atom. The minimum atomic E-state index is -0.134. The molecular weight excluding hydrogens is 286 g/mol. The summed E-state index contributed by atoms with van der Waals surface area (Å²) in [6, 6.07) is 13.3. The van der Waals surface area contributed by atoms with Crippen LogP contribution in [0.25, 0.3) is 0 Å². The molecule has 122 valence electrons. The average Bonchev–Trinajstić information content (AvgIpc) is 2.56. The molecule has 0 saturated heterocycles. The minimum Gasteiger partial charge on any atom is -0.493 e. The van der Waals surface area contributed by atoms with Gasteiger partial charge in [0.15, 0.2) is 0 Å². The molecule has 0 heterocycles. The third-order valence-corrected chi connectivity index (χ3v) is 3.99. The molecule has 2 aromatic carbocycles. The van der Waals surface area contributed by atoms with Crippen molar-refractivity contribution in [2.75, 3.05) is 11.9 Å². The fourth-order valence-electron chi connectivity index (χ4n) is 2.39. The van der Waals surface area contributed by atoms with Crippen LogP contribution in [0, 0.1) is 13.8 Å². The average molecular weight is 311 g/mol. The van der Waals surface area contributed by atoms with E-state index in [4.69, 9.17) is 4.74 Å². The number of anilines is 1. The predicted molar refractivity (Wildman–Crippen MR) is 95.3 cm³/mol. The van der Waals surface area contributed by atoms with Gasteiger partial charge in [-0.15, -0.1) is 0 Å². The second-order valence-electron chi connectivity index (χ2n) is 5.75. The van der Waals surface area contributed by atoms with Crippen LogP contribution in [0.5, 0.6) is 5.75 Å². The Morgan fingerprint density at radius 2 is 1.83 bits per heavy atom. The first-order valence-electron chi connectivity index (χ1n) is 8.23. The molecule has 0 aromatic heterocycles. The monoisotopic (exact) mass is 311 g/mol. The van der Waals surface area contributed by atoms with Crippen molar-refractivity contribution in [3.8, 4) is 5.75 Å². The van der Waals surface area contributed by atoms with E-state index in [2.05, 4.69) is 12.2 Å². The third-order valence-electron chi connectivity index (χ3n) is 3.99. The molecule has 0 aliphatic heterocycles. The summed E-state index contributed by atoms with van der Waals surface area (Å²) in [5, 5.41) is 2.99. The smallest absolute Gasteiger partial charge is 0.259 e. The lowest BCUT2D eigenvalue weighted by Crippen LogP contribution is -2.15. The quantitative estimate of drug-likeness (QED) is 0.720.